The second kappa shape index (κ2) is 7.75. The van der Waals surface area contributed by atoms with Crippen molar-refractivity contribution in [2.45, 2.75) is 33.1 Å². The third-order valence-electron chi connectivity index (χ3n) is 4.37. The van der Waals surface area contributed by atoms with Crippen molar-refractivity contribution in [1.29, 1.82) is 0 Å². The fourth-order valence-corrected chi connectivity index (χ4v) is 3.15. The zero-order chi connectivity index (χ0) is 20.5. The Hall–Kier alpha value is -2.67. The summed E-state index contributed by atoms with van der Waals surface area (Å²) in [5.41, 5.74) is 3.12. The van der Waals surface area contributed by atoms with E-state index in [1.165, 1.54) is 5.56 Å². The molecule has 2 aromatic carbocycles. The van der Waals surface area contributed by atoms with E-state index in [1.807, 2.05) is 25.1 Å². The summed E-state index contributed by atoms with van der Waals surface area (Å²) in [5.74, 6) is -0.0438. The van der Waals surface area contributed by atoms with E-state index in [0.29, 0.717) is 16.7 Å². The number of benzene rings is 2. The molecule has 0 aliphatic rings. The van der Waals surface area contributed by atoms with E-state index in [1.54, 1.807) is 12.1 Å². The van der Waals surface area contributed by atoms with E-state index in [4.69, 9.17) is 4.74 Å². The zero-order valence-electron chi connectivity index (χ0n) is 16.2. The molecule has 0 bridgehead atoms. The number of aromatic amines is 1. The van der Waals surface area contributed by atoms with Gasteiger partial charge in [0.15, 0.2) is 12.3 Å². The van der Waals surface area contributed by atoms with E-state index in [0.717, 1.165) is 10.0 Å². The number of aryl methyl sites for hydroxylation is 1. The largest absolute Gasteiger partial charge is 0.493 e. The molecule has 28 heavy (non-hydrogen) atoms. The van der Waals surface area contributed by atoms with Crippen LogP contribution in [0.1, 0.15) is 31.9 Å². The van der Waals surface area contributed by atoms with Crippen molar-refractivity contribution in [1.82, 2.24) is 4.98 Å². The van der Waals surface area contributed by atoms with Crippen LogP contribution in [0.3, 0.4) is 0 Å². The molecule has 1 heterocycles. The van der Waals surface area contributed by atoms with Gasteiger partial charge in [0.25, 0.3) is 0 Å². The summed E-state index contributed by atoms with van der Waals surface area (Å²) in [5, 5.41) is 18.3. The Bertz CT molecular complexity index is 1060. The second-order valence-electron chi connectivity index (χ2n) is 7.62. The second-order valence-corrected chi connectivity index (χ2v) is 8.54. The lowest BCUT2D eigenvalue weighted by molar-refractivity contribution is -0.120. The highest BCUT2D eigenvalue weighted by Crippen LogP contribution is 2.36. The van der Waals surface area contributed by atoms with E-state index in [9.17, 15) is 9.90 Å². The van der Waals surface area contributed by atoms with Gasteiger partial charge in [-0.2, -0.15) is 0 Å². The van der Waals surface area contributed by atoms with Gasteiger partial charge < -0.3 is 14.8 Å². The fraction of sp³-hybridized carbons (Fsp3) is 0.286. The molecule has 3 aromatic rings. The molecule has 0 unspecified atom stereocenters. The van der Waals surface area contributed by atoms with Crippen LogP contribution in [0.15, 0.2) is 51.1 Å². The molecule has 146 valence electrons. The summed E-state index contributed by atoms with van der Waals surface area (Å²) >= 11 is 3.38. The van der Waals surface area contributed by atoms with Crippen LogP contribution >= 0.6 is 15.9 Å². The van der Waals surface area contributed by atoms with Crippen molar-refractivity contribution >= 4 is 38.4 Å². The minimum absolute atomic E-state index is 0.0453. The smallest absolute Gasteiger partial charge is 0.302 e. The molecule has 1 amide bonds. The number of hydrogen-bond acceptors (Lipinski definition) is 4. The summed E-state index contributed by atoms with van der Waals surface area (Å²) < 4.78 is 6.42. The number of azo groups is 1. The Morgan fingerprint density at radius 2 is 1.96 bits per heavy atom. The van der Waals surface area contributed by atoms with Crippen molar-refractivity contribution in [2.75, 3.05) is 6.61 Å². The van der Waals surface area contributed by atoms with Crippen molar-refractivity contribution in [3.8, 4) is 11.6 Å². The number of fused-ring (bicyclic) bond motifs is 1. The zero-order valence-corrected chi connectivity index (χ0v) is 17.8. The molecule has 6 nitrogen and oxygen atoms in total. The summed E-state index contributed by atoms with van der Waals surface area (Å²) in [6, 6.07) is 11.3. The summed E-state index contributed by atoms with van der Waals surface area (Å²) in [7, 11) is 0. The Morgan fingerprint density at radius 1 is 1.21 bits per heavy atom. The maximum absolute atomic E-state index is 12.1. The maximum atomic E-state index is 12.1. The molecule has 0 saturated heterocycles. The lowest BCUT2D eigenvalue weighted by atomic mass is 9.86. The van der Waals surface area contributed by atoms with Crippen LogP contribution < -0.4 is 4.74 Å². The summed E-state index contributed by atoms with van der Waals surface area (Å²) in [4.78, 5) is 14.9. The maximum Gasteiger partial charge on any atom is 0.302 e. The number of nitrogens with zero attached hydrogens (tertiary/aromatic N) is 2. The van der Waals surface area contributed by atoms with Crippen molar-refractivity contribution < 1.29 is 14.6 Å². The highest BCUT2D eigenvalue weighted by atomic mass is 79.9. The molecule has 2 N–H and O–H groups in total. The highest BCUT2D eigenvalue weighted by Gasteiger charge is 2.15. The average molecular weight is 444 g/mol. The highest BCUT2D eigenvalue weighted by molar-refractivity contribution is 9.10. The number of H-pyrrole nitrogens is 1. The lowest BCUT2D eigenvalue weighted by Crippen LogP contribution is -2.12. The Labute approximate surface area is 171 Å². The van der Waals surface area contributed by atoms with Crippen LogP contribution in [0.2, 0.25) is 0 Å². The number of ether oxygens (including phenoxy) is 1. The topological polar surface area (TPSA) is 87.0 Å². The van der Waals surface area contributed by atoms with Crippen LogP contribution in [0.25, 0.3) is 10.9 Å². The lowest BCUT2D eigenvalue weighted by Gasteiger charge is -2.20. The average Bonchev–Trinajstić information content (AvgIpc) is 2.92. The summed E-state index contributed by atoms with van der Waals surface area (Å²) in [6.45, 7) is 8.14. The number of amides is 1. The molecule has 3 rings (SSSR count). The van der Waals surface area contributed by atoms with Crippen LogP contribution in [0.4, 0.5) is 5.69 Å². The van der Waals surface area contributed by atoms with Crippen LogP contribution in [0, 0.1) is 6.92 Å². The van der Waals surface area contributed by atoms with Gasteiger partial charge in [0.2, 0.25) is 5.88 Å². The van der Waals surface area contributed by atoms with Crippen molar-refractivity contribution in [3.63, 3.8) is 0 Å². The molecule has 1 aromatic heterocycles. The monoisotopic (exact) mass is 443 g/mol. The van der Waals surface area contributed by atoms with Gasteiger partial charge in [0.1, 0.15) is 5.75 Å². The molecule has 7 heteroatoms. The minimum Gasteiger partial charge on any atom is -0.493 e. The number of carbonyl (C=O) groups excluding carboxylic acids is 1. The standard InChI is InChI=1S/C21H22BrN3O3/c1-12-9-13(21(2,3)4)5-8-17(12)28-11-18(26)24-25-19-15-10-14(22)6-7-16(15)23-20(19)27/h5-10,23,27H,11H2,1-4H3. The fourth-order valence-electron chi connectivity index (χ4n) is 2.79. The summed E-state index contributed by atoms with van der Waals surface area (Å²) in [6.07, 6.45) is 0. The molecule has 0 spiro atoms. The van der Waals surface area contributed by atoms with Gasteiger partial charge in [0, 0.05) is 9.86 Å². The number of nitrogens with one attached hydrogen (secondary N) is 1. The first-order valence-electron chi connectivity index (χ1n) is 8.84. The minimum atomic E-state index is -0.539. The predicted octanol–water partition coefficient (Wildman–Crippen LogP) is 5.93. The number of rotatable bonds is 4. The predicted molar refractivity (Wildman–Crippen MR) is 113 cm³/mol. The van der Waals surface area contributed by atoms with Gasteiger partial charge in [-0.25, -0.2) is 0 Å². The molecule has 0 radical (unpaired) electrons. The Morgan fingerprint density at radius 3 is 2.64 bits per heavy atom. The molecule has 0 saturated carbocycles. The van der Waals surface area contributed by atoms with Crippen molar-refractivity contribution in [2.24, 2.45) is 10.2 Å². The first kappa shape index (κ1) is 20.1. The van der Waals surface area contributed by atoms with Crippen molar-refractivity contribution in [3.05, 3.63) is 52.0 Å². The number of aromatic hydroxyl groups is 1. The third kappa shape index (κ3) is 4.42. The number of aromatic nitrogens is 1. The molecule has 0 atom stereocenters. The quantitative estimate of drug-likeness (QED) is 0.489. The van der Waals surface area contributed by atoms with Gasteiger partial charge in [-0.1, -0.05) is 48.8 Å². The number of carbonyl (C=O) groups is 1. The molecular weight excluding hydrogens is 422 g/mol. The van der Waals surface area contributed by atoms with Crippen LogP contribution in [-0.4, -0.2) is 22.6 Å². The SMILES string of the molecule is Cc1cc(C(C)(C)C)ccc1OCC(=O)N=Nc1c(O)[nH]c2ccc(Br)cc12. The van der Waals surface area contributed by atoms with E-state index < -0.39 is 5.91 Å². The first-order valence-corrected chi connectivity index (χ1v) is 9.63. The molecule has 0 aliphatic heterocycles. The van der Waals surface area contributed by atoms with Gasteiger partial charge in [0.05, 0.1) is 5.52 Å². The molecule has 0 aliphatic carbocycles. The molecule has 0 fully saturated rings. The van der Waals surface area contributed by atoms with E-state index >= 15 is 0 Å². The van der Waals surface area contributed by atoms with Gasteiger partial charge >= 0.3 is 5.91 Å². The Balaban J connectivity index is 1.70. The number of hydrogen-bond donors (Lipinski definition) is 2. The number of halogens is 1. The van der Waals surface area contributed by atoms with Gasteiger partial charge in [-0.05, 0) is 47.7 Å². The first-order chi connectivity index (χ1) is 13.1. The normalized spacial score (nSPS) is 12.0. The third-order valence-corrected chi connectivity index (χ3v) is 4.86. The van der Waals surface area contributed by atoms with Crippen LogP contribution in [0.5, 0.6) is 11.6 Å². The van der Waals surface area contributed by atoms with E-state index in [2.05, 4.69) is 58.0 Å². The van der Waals surface area contributed by atoms with Gasteiger partial charge in [-0.15, -0.1) is 10.2 Å². The molecular formula is C21H22BrN3O3. The van der Waals surface area contributed by atoms with E-state index in [-0.39, 0.29) is 23.6 Å². The Kier molecular flexibility index (Phi) is 5.56. The van der Waals surface area contributed by atoms with Crippen LogP contribution in [-0.2, 0) is 10.2 Å². The van der Waals surface area contributed by atoms with Gasteiger partial charge in [-0.3, -0.25) is 4.79 Å².